The first-order valence-corrected chi connectivity index (χ1v) is 8.25. The number of ether oxygens (including phenoxy) is 1. The fourth-order valence-electron chi connectivity index (χ4n) is 2.37. The van der Waals surface area contributed by atoms with Crippen molar-refractivity contribution in [2.75, 3.05) is 32.5 Å². The van der Waals surface area contributed by atoms with Gasteiger partial charge in [-0.15, -0.1) is 0 Å². The van der Waals surface area contributed by atoms with Gasteiger partial charge < -0.3 is 10.5 Å². The smallest absolute Gasteiger partial charge is 0.242 e. The van der Waals surface area contributed by atoms with E-state index >= 15 is 0 Å². The first kappa shape index (κ1) is 15.3. The van der Waals surface area contributed by atoms with E-state index in [-0.39, 0.29) is 10.8 Å². The molecule has 0 bridgehead atoms. The Morgan fingerprint density at radius 2 is 2.20 bits per heavy atom. The minimum Gasteiger partial charge on any atom is -0.398 e. The monoisotopic (exact) mass is 298 g/mol. The highest BCUT2D eigenvalue weighted by Gasteiger charge is 2.25. The van der Waals surface area contributed by atoms with Gasteiger partial charge in [0.15, 0.2) is 0 Å². The average Bonchev–Trinajstić information content (AvgIpc) is 2.42. The third-order valence-electron chi connectivity index (χ3n) is 3.73. The van der Waals surface area contributed by atoms with Gasteiger partial charge in [-0.05, 0) is 43.4 Å². The van der Waals surface area contributed by atoms with E-state index in [0.29, 0.717) is 18.8 Å². The number of aryl methyl sites for hydroxylation is 1. The summed E-state index contributed by atoms with van der Waals surface area (Å²) in [7, 11) is -1.87. The Morgan fingerprint density at radius 1 is 1.45 bits per heavy atom. The molecule has 1 saturated heterocycles. The summed E-state index contributed by atoms with van der Waals surface area (Å²) in [5, 5.41) is 0. The van der Waals surface area contributed by atoms with Crippen LogP contribution in [0.2, 0.25) is 0 Å². The summed E-state index contributed by atoms with van der Waals surface area (Å²) in [6, 6.07) is 4.87. The van der Waals surface area contributed by atoms with Gasteiger partial charge >= 0.3 is 0 Å². The molecule has 1 aliphatic rings. The Hall–Kier alpha value is -1.11. The molecule has 0 aromatic heterocycles. The van der Waals surface area contributed by atoms with E-state index < -0.39 is 10.0 Å². The van der Waals surface area contributed by atoms with Gasteiger partial charge in [-0.25, -0.2) is 12.7 Å². The molecule has 1 aliphatic heterocycles. The van der Waals surface area contributed by atoms with Crippen molar-refractivity contribution in [1.29, 1.82) is 0 Å². The lowest BCUT2D eigenvalue weighted by Gasteiger charge is -2.26. The van der Waals surface area contributed by atoms with Gasteiger partial charge in [-0.1, -0.05) is 6.07 Å². The second-order valence-corrected chi connectivity index (χ2v) is 7.43. The highest BCUT2D eigenvalue weighted by Crippen LogP contribution is 2.22. The minimum absolute atomic E-state index is 0.250. The number of hydrogen-bond donors (Lipinski definition) is 1. The molecule has 1 aromatic carbocycles. The van der Waals surface area contributed by atoms with Crippen molar-refractivity contribution in [3.63, 3.8) is 0 Å². The first-order valence-electron chi connectivity index (χ1n) is 6.81. The normalized spacial score (nSPS) is 20.2. The molecule has 1 aromatic rings. The van der Waals surface area contributed by atoms with Crippen LogP contribution in [0.25, 0.3) is 0 Å². The summed E-state index contributed by atoms with van der Waals surface area (Å²) in [5.74, 6) is 0.270. The number of hydrogen-bond acceptors (Lipinski definition) is 4. The topological polar surface area (TPSA) is 72.6 Å². The Bertz CT molecular complexity index is 566. The maximum Gasteiger partial charge on any atom is 0.242 e. The lowest BCUT2D eigenvalue weighted by Crippen LogP contribution is -2.35. The molecule has 1 unspecified atom stereocenters. The molecule has 1 heterocycles. The molecule has 2 N–H and O–H groups in total. The highest BCUT2D eigenvalue weighted by atomic mass is 32.2. The predicted octanol–water partition coefficient (Wildman–Crippen LogP) is 1.62. The van der Waals surface area contributed by atoms with Gasteiger partial charge in [0, 0.05) is 25.9 Å². The van der Waals surface area contributed by atoms with Crippen LogP contribution in [-0.4, -0.2) is 39.5 Å². The van der Waals surface area contributed by atoms with Crippen LogP contribution in [0.1, 0.15) is 18.4 Å². The third kappa shape index (κ3) is 3.31. The molecule has 0 saturated carbocycles. The van der Waals surface area contributed by atoms with Crippen LogP contribution in [0, 0.1) is 12.8 Å². The second kappa shape index (κ2) is 6.11. The van der Waals surface area contributed by atoms with E-state index in [0.717, 1.165) is 25.0 Å². The molecule has 0 amide bonds. The minimum atomic E-state index is -3.48. The Labute approximate surface area is 120 Å². The molecule has 2 rings (SSSR count). The number of benzene rings is 1. The molecule has 20 heavy (non-hydrogen) atoms. The van der Waals surface area contributed by atoms with Crippen LogP contribution in [0.4, 0.5) is 5.69 Å². The summed E-state index contributed by atoms with van der Waals surface area (Å²) >= 11 is 0. The van der Waals surface area contributed by atoms with E-state index in [4.69, 9.17) is 10.5 Å². The van der Waals surface area contributed by atoms with Gasteiger partial charge in [-0.3, -0.25) is 0 Å². The number of nitrogens with zero attached hydrogens (tertiary/aromatic N) is 1. The largest absolute Gasteiger partial charge is 0.398 e. The summed E-state index contributed by atoms with van der Waals surface area (Å²) in [4.78, 5) is 0.250. The Kier molecular flexibility index (Phi) is 4.67. The molecular formula is C14H22N2O3S. The van der Waals surface area contributed by atoms with Gasteiger partial charge in [0.25, 0.3) is 0 Å². The SMILES string of the molecule is Cc1ccc(S(=O)(=O)N(C)CC2CCCOC2)cc1N. The Balaban J connectivity index is 2.13. The van der Waals surface area contributed by atoms with Crippen molar-refractivity contribution < 1.29 is 13.2 Å². The average molecular weight is 298 g/mol. The van der Waals surface area contributed by atoms with Crippen molar-refractivity contribution in [3.8, 4) is 0 Å². The second-order valence-electron chi connectivity index (χ2n) is 5.39. The zero-order valence-corrected chi connectivity index (χ0v) is 12.8. The maximum absolute atomic E-state index is 12.5. The maximum atomic E-state index is 12.5. The molecular weight excluding hydrogens is 276 g/mol. The van der Waals surface area contributed by atoms with Crippen LogP contribution < -0.4 is 5.73 Å². The van der Waals surface area contributed by atoms with Gasteiger partial charge in [-0.2, -0.15) is 0 Å². The number of anilines is 1. The quantitative estimate of drug-likeness (QED) is 0.857. The molecule has 5 nitrogen and oxygen atoms in total. The standard InChI is InChI=1S/C14H22N2O3S/c1-11-5-6-13(8-14(11)15)20(17,18)16(2)9-12-4-3-7-19-10-12/h5-6,8,12H,3-4,7,9-10,15H2,1-2H3. The molecule has 6 heteroatoms. The van der Waals surface area contributed by atoms with Crippen LogP contribution in [0.3, 0.4) is 0 Å². The van der Waals surface area contributed by atoms with Crippen molar-refractivity contribution in [3.05, 3.63) is 23.8 Å². The van der Waals surface area contributed by atoms with Gasteiger partial charge in [0.1, 0.15) is 0 Å². The van der Waals surface area contributed by atoms with Crippen molar-refractivity contribution in [2.24, 2.45) is 5.92 Å². The van der Waals surface area contributed by atoms with E-state index in [9.17, 15) is 8.42 Å². The van der Waals surface area contributed by atoms with E-state index in [1.165, 1.54) is 10.4 Å². The first-order chi connectivity index (χ1) is 9.41. The number of nitrogens with two attached hydrogens (primary N) is 1. The van der Waals surface area contributed by atoms with Crippen molar-refractivity contribution in [2.45, 2.75) is 24.7 Å². The molecule has 0 aliphatic carbocycles. The zero-order valence-electron chi connectivity index (χ0n) is 12.0. The summed E-state index contributed by atoms with van der Waals surface area (Å²) < 4.78 is 31.8. The number of rotatable bonds is 4. The molecule has 112 valence electrons. The van der Waals surface area contributed by atoms with Crippen LogP contribution >= 0.6 is 0 Å². The van der Waals surface area contributed by atoms with Crippen LogP contribution in [0.5, 0.6) is 0 Å². The molecule has 0 spiro atoms. The van der Waals surface area contributed by atoms with E-state index in [2.05, 4.69) is 0 Å². The lowest BCUT2D eigenvalue weighted by atomic mass is 10.0. The van der Waals surface area contributed by atoms with E-state index in [1.54, 1.807) is 19.2 Å². The van der Waals surface area contributed by atoms with Crippen LogP contribution in [0.15, 0.2) is 23.1 Å². The Morgan fingerprint density at radius 3 is 2.80 bits per heavy atom. The molecule has 0 radical (unpaired) electrons. The van der Waals surface area contributed by atoms with Gasteiger partial charge in [0.2, 0.25) is 10.0 Å². The zero-order chi connectivity index (χ0) is 14.8. The third-order valence-corrected chi connectivity index (χ3v) is 5.55. The fraction of sp³-hybridized carbons (Fsp3) is 0.571. The van der Waals surface area contributed by atoms with E-state index in [1.807, 2.05) is 6.92 Å². The molecule has 1 fully saturated rings. The predicted molar refractivity (Wildman–Crippen MR) is 79.0 cm³/mol. The molecule has 1 atom stereocenters. The van der Waals surface area contributed by atoms with Crippen LogP contribution in [-0.2, 0) is 14.8 Å². The number of nitrogen functional groups attached to an aromatic ring is 1. The van der Waals surface area contributed by atoms with Crippen molar-refractivity contribution >= 4 is 15.7 Å². The summed E-state index contributed by atoms with van der Waals surface area (Å²) in [6.07, 6.45) is 2.01. The summed E-state index contributed by atoms with van der Waals surface area (Å²) in [5.41, 5.74) is 7.18. The fourth-order valence-corrected chi connectivity index (χ4v) is 3.65. The highest BCUT2D eigenvalue weighted by molar-refractivity contribution is 7.89. The van der Waals surface area contributed by atoms with Crippen molar-refractivity contribution in [1.82, 2.24) is 4.31 Å². The van der Waals surface area contributed by atoms with Gasteiger partial charge in [0.05, 0.1) is 11.5 Å². The summed E-state index contributed by atoms with van der Waals surface area (Å²) in [6.45, 7) is 3.75. The lowest BCUT2D eigenvalue weighted by molar-refractivity contribution is 0.0495. The number of sulfonamides is 1.